The van der Waals surface area contributed by atoms with E-state index in [0.717, 1.165) is 5.69 Å². The largest absolute Gasteiger partial charge is 0.347 e. The zero-order valence-corrected chi connectivity index (χ0v) is 14.4. The van der Waals surface area contributed by atoms with Crippen LogP contribution < -0.4 is 0 Å². The topological polar surface area (TPSA) is 86.4 Å². The van der Waals surface area contributed by atoms with Crippen molar-refractivity contribution in [1.29, 1.82) is 0 Å². The molecule has 2 saturated heterocycles. The van der Waals surface area contributed by atoms with Gasteiger partial charge in [0.25, 0.3) is 0 Å². The second-order valence-electron chi connectivity index (χ2n) is 6.94. The Morgan fingerprint density at radius 2 is 2.09 bits per heavy atom. The highest BCUT2D eigenvalue weighted by Crippen LogP contribution is 2.28. The van der Waals surface area contributed by atoms with Gasteiger partial charge in [-0.2, -0.15) is 0 Å². The second kappa shape index (κ2) is 6.24. The van der Waals surface area contributed by atoms with Gasteiger partial charge in [-0.15, -0.1) is 0 Å². The van der Waals surface area contributed by atoms with Crippen molar-refractivity contribution in [3.05, 3.63) is 18.2 Å². The number of nitrogens with zero attached hydrogens (tertiary/aromatic N) is 3. The molecule has 2 aliphatic rings. The quantitative estimate of drug-likeness (QED) is 0.850. The summed E-state index contributed by atoms with van der Waals surface area (Å²) in [6.07, 6.45) is 3.86. The predicted octanol–water partition coefficient (Wildman–Crippen LogP) is 0.266. The molecule has 3 rings (SSSR count). The molecule has 2 atom stereocenters. The monoisotopic (exact) mass is 340 g/mol. The van der Waals surface area contributed by atoms with E-state index in [4.69, 9.17) is 0 Å². The number of hydrogen-bond acceptors (Lipinski definition) is 5. The summed E-state index contributed by atoms with van der Waals surface area (Å²) in [6.45, 7) is 5.95. The lowest BCUT2D eigenvalue weighted by Gasteiger charge is -2.44. The Hall–Kier alpha value is -1.41. The van der Waals surface area contributed by atoms with Gasteiger partial charge in [0.05, 0.1) is 23.9 Å². The molecular formula is C15H24N4O3S. The Balaban J connectivity index is 1.78. The molecule has 0 aliphatic carbocycles. The van der Waals surface area contributed by atoms with Crippen molar-refractivity contribution >= 4 is 15.7 Å². The first-order valence-corrected chi connectivity index (χ1v) is 9.89. The van der Waals surface area contributed by atoms with Crippen molar-refractivity contribution in [2.24, 2.45) is 5.92 Å². The highest BCUT2D eigenvalue weighted by atomic mass is 32.2. The smallest absolute Gasteiger partial charge is 0.223 e. The van der Waals surface area contributed by atoms with E-state index in [1.807, 2.05) is 13.8 Å². The van der Waals surface area contributed by atoms with E-state index in [2.05, 4.69) is 14.9 Å². The molecule has 0 aromatic carbocycles. The second-order valence-corrected chi connectivity index (χ2v) is 9.10. The van der Waals surface area contributed by atoms with Crippen LogP contribution in [-0.2, 0) is 21.2 Å². The Morgan fingerprint density at radius 1 is 1.35 bits per heavy atom. The Morgan fingerprint density at radius 3 is 2.74 bits per heavy atom. The zero-order valence-electron chi connectivity index (χ0n) is 13.6. The zero-order chi connectivity index (χ0) is 16.6. The number of piperazine rings is 1. The van der Waals surface area contributed by atoms with Crippen LogP contribution in [0.5, 0.6) is 0 Å². The summed E-state index contributed by atoms with van der Waals surface area (Å²) in [6, 6.07) is -0.337. The van der Waals surface area contributed by atoms with Crippen molar-refractivity contribution in [2.45, 2.75) is 38.9 Å². The number of carbonyl (C=O) groups excluding carboxylic acids is 1. The number of rotatable bonds is 4. The summed E-state index contributed by atoms with van der Waals surface area (Å²) in [5.41, 5.74) is 0.968. The summed E-state index contributed by atoms with van der Waals surface area (Å²) in [5.74, 6) is 0.577. The third-order valence-corrected chi connectivity index (χ3v) is 6.32. The molecule has 2 unspecified atom stereocenters. The molecule has 2 fully saturated rings. The summed E-state index contributed by atoms with van der Waals surface area (Å²) in [5, 5.41) is 0. The molecule has 1 aromatic heterocycles. The minimum atomic E-state index is -3.10. The van der Waals surface area contributed by atoms with Crippen LogP contribution in [0.2, 0.25) is 0 Å². The number of nitrogens with one attached hydrogen (secondary N) is 1. The fourth-order valence-corrected chi connectivity index (χ4v) is 5.60. The number of hydrogen-bond donors (Lipinski definition) is 1. The van der Waals surface area contributed by atoms with Crippen molar-refractivity contribution in [3.8, 4) is 0 Å². The number of aromatic amines is 1. The molecule has 2 aliphatic heterocycles. The fraction of sp³-hybridized carbons (Fsp3) is 0.733. The van der Waals surface area contributed by atoms with Gasteiger partial charge < -0.3 is 9.88 Å². The van der Waals surface area contributed by atoms with Crippen LogP contribution in [0.1, 0.15) is 26.0 Å². The van der Waals surface area contributed by atoms with Crippen LogP contribution in [0.25, 0.3) is 0 Å². The standard InChI is InChI=1S/C15H24N4O3S/c1-11(2)5-15(20)19-4-3-18(7-12-6-16-10-17-12)13-8-23(21,22)9-14(13)19/h6,10-11,13-14H,3-5,7-9H2,1-2H3,(H,16,17). The minimum Gasteiger partial charge on any atom is -0.347 e. The molecule has 7 nitrogen and oxygen atoms in total. The maximum absolute atomic E-state index is 12.5. The third-order valence-electron chi connectivity index (χ3n) is 4.62. The molecule has 8 heteroatoms. The van der Waals surface area contributed by atoms with Crippen LogP contribution >= 0.6 is 0 Å². The number of imidazole rings is 1. The van der Waals surface area contributed by atoms with Crippen LogP contribution in [0.3, 0.4) is 0 Å². The maximum atomic E-state index is 12.5. The van der Waals surface area contributed by atoms with E-state index in [0.29, 0.717) is 26.1 Å². The van der Waals surface area contributed by atoms with Crippen molar-refractivity contribution in [2.75, 3.05) is 24.6 Å². The first-order valence-electron chi connectivity index (χ1n) is 8.07. The van der Waals surface area contributed by atoms with E-state index in [1.54, 1.807) is 17.4 Å². The molecule has 0 bridgehead atoms. The molecule has 1 N–H and O–H groups in total. The summed E-state index contributed by atoms with van der Waals surface area (Å²) < 4.78 is 24.3. The van der Waals surface area contributed by atoms with Crippen molar-refractivity contribution in [3.63, 3.8) is 0 Å². The van der Waals surface area contributed by atoms with Gasteiger partial charge >= 0.3 is 0 Å². The van der Waals surface area contributed by atoms with E-state index in [9.17, 15) is 13.2 Å². The van der Waals surface area contributed by atoms with Gasteiger partial charge in [0.15, 0.2) is 9.84 Å². The lowest BCUT2D eigenvalue weighted by atomic mass is 10.0. The lowest BCUT2D eigenvalue weighted by Crippen LogP contribution is -2.60. The van der Waals surface area contributed by atoms with Crippen LogP contribution in [0.15, 0.2) is 12.5 Å². The van der Waals surface area contributed by atoms with Crippen molar-refractivity contribution < 1.29 is 13.2 Å². The van der Waals surface area contributed by atoms with Crippen LogP contribution in [-0.4, -0.2) is 70.8 Å². The lowest BCUT2D eigenvalue weighted by molar-refractivity contribution is -0.137. The van der Waals surface area contributed by atoms with Crippen LogP contribution in [0, 0.1) is 5.92 Å². The van der Waals surface area contributed by atoms with E-state index in [-0.39, 0.29) is 35.4 Å². The number of amides is 1. The normalized spacial score (nSPS) is 27.3. The number of carbonyl (C=O) groups is 1. The van der Waals surface area contributed by atoms with Gasteiger partial charge in [0, 0.05) is 44.0 Å². The fourth-order valence-electron chi connectivity index (χ4n) is 3.59. The molecule has 3 heterocycles. The highest BCUT2D eigenvalue weighted by molar-refractivity contribution is 7.91. The molecule has 1 aromatic rings. The first kappa shape index (κ1) is 16.4. The SMILES string of the molecule is CC(C)CC(=O)N1CCN(Cc2cnc[nH]2)C2CS(=O)(=O)CC21. The van der Waals surface area contributed by atoms with E-state index < -0.39 is 9.84 Å². The van der Waals surface area contributed by atoms with Crippen molar-refractivity contribution in [1.82, 2.24) is 19.8 Å². The Kier molecular flexibility index (Phi) is 4.46. The molecule has 0 radical (unpaired) electrons. The molecule has 128 valence electrons. The van der Waals surface area contributed by atoms with Gasteiger partial charge in [-0.05, 0) is 5.92 Å². The average molecular weight is 340 g/mol. The van der Waals surface area contributed by atoms with Gasteiger partial charge in [-0.25, -0.2) is 13.4 Å². The number of fused-ring (bicyclic) bond motifs is 1. The number of aromatic nitrogens is 2. The number of sulfone groups is 1. The first-order chi connectivity index (χ1) is 10.9. The van der Waals surface area contributed by atoms with E-state index in [1.165, 1.54) is 0 Å². The molecule has 0 saturated carbocycles. The molecule has 0 spiro atoms. The molecular weight excluding hydrogens is 316 g/mol. The summed E-state index contributed by atoms with van der Waals surface area (Å²) >= 11 is 0. The maximum Gasteiger partial charge on any atom is 0.223 e. The molecule has 1 amide bonds. The van der Waals surface area contributed by atoms with Gasteiger partial charge in [-0.3, -0.25) is 9.69 Å². The van der Waals surface area contributed by atoms with Gasteiger partial charge in [0.1, 0.15) is 0 Å². The number of H-pyrrole nitrogens is 1. The third kappa shape index (κ3) is 3.58. The Bertz CT molecular complexity index is 656. The van der Waals surface area contributed by atoms with Crippen LogP contribution in [0.4, 0.5) is 0 Å². The average Bonchev–Trinajstić information content (AvgIpc) is 3.04. The Labute approximate surface area is 137 Å². The van der Waals surface area contributed by atoms with Gasteiger partial charge in [0.2, 0.25) is 5.91 Å². The highest BCUT2D eigenvalue weighted by Gasteiger charge is 2.47. The summed E-state index contributed by atoms with van der Waals surface area (Å²) in [4.78, 5) is 23.5. The van der Waals surface area contributed by atoms with E-state index >= 15 is 0 Å². The summed E-state index contributed by atoms with van der Waals surface area (Å²) in [7, 11) is -3.10. The minimum absolute atomic E-state index is 0.0771. The molecule has 23 heavy (non-hydrogen) atoms. The van der Waals surface area contributed by atoms with Gasteiger partial charge in [-0.1, -0.05) is 13.8 Å². The predicted molar refractivity (Wildman–Crippen MR) is 86.4 cm³/mol.